The number of hydrogen-bond acceptors (Lipinski definition) is 2. The summed E-state index contributed by atoms with van der Waals surface area (Å²) in [6.07, 6.45) is 2.13. The van der Waals surface area contributed by atoms with Crippen molar-refractivity contribution in [3.63, 3.8) is 0 Å². The summed E-state index contributed by atoms with van der Waals surface area (Å²) in [6.45, 7) is 2.42. The highest BCUT2D eigenvalue weighted by Gasteiger charge is 1.94. The monoisotopic (exact) mass is 249 g/mol. The fraction of sp³-hybridized carbons (Fsp3) is 0.500. The van der Waals surface area contributed by atoms with Crippen molar-refractivity contribution in [2.75, 3.05) is 27.2 Å². The van der Waals surface area contributed by atoms with Crippen LogP contribution in [0.3, 0.4) is 0 Å². The zero-order valence-electron chi connectivity index (χ0n) is 11.3. The van der Waals surface area contributed by atoms with Gasteiger partial charge in [-0.05, 0) is 18.4 Å². The maximum absolute atomic E-state index is 5.61. The molecule has 0 unspecified atom stereocenters. The summed E-state index contributed by atoms with van der Waals surface area (Å²) in [7, 11) is 3.63. The summed E-state index contributed by atoms with van der Waals surface area (Å²) in [5.41, 5.74) is 1.23. The Morgan fingerprint density at radius 1 is 1.22 bits per heavy atom. The summed E-state index contributed by atoms with van der Waals surface area (Å²) >= 11 is 0. The molecule has 0 aliphatic rings. The molecule has 0 aliphatic carbocycles. The highest BCUT2D eigenvalue weighted by molar-refractivity contribution is 5.79. The minimum Gasteiger partial charge on any atom is -0.377 e. The number of ether oxygens (including phenoxy) is 1. The molecule has 1 rings (SSSR count). The normalized spacial score (nSPS) is 11.3. The molecule has 0 radical (unpaired) electrons. The first-order valence-electron chi connectivity index (χ1n) is 6.37. The lowest BCUT2D eigenvalue weighted by molar-refractivity contribution is 0.117. The van der Waals surface area contributed by atoms with Gasteiger partial charge in [0.15, 0.2) is 5.96 Å². The number of rotatable bonds is 7. The SMILES string of the molecule is CN=C(NC)NCCCCOCc1ccccc1. The minimum atomic E-state index is 0.701. The number of nitrogens with zero attached hydrogens (tertiary/aromatic N) is 1. The zero-order chi connectivity index (χ0) is 13.1. The molecule has 1 aromatic rings. The van der Waals surface area contributed by atoms with E-state index in [1.165, 1.54) is 5.56 Å². The summed E-state index contributed by atoms with van der Waals surface area (Å²) < 4.78 is 5.61. The first kappa shape index (κ1) is 14.5. The molecule has 0 saturated carbocycles. The van der Waals surface area contributed by atoms with Crippen molar-refractivity contribution in [1.82, 2.24) is 10.6 Å². The highest BCUT2D eigenvalue weighted by Crippen LogP contribution is 2.01. The molecular formula is C14H23N3O. The molecule has 0 spiro atoms. The molecule has 0 heterocycles. The van der Waals surface area contributed by atoms with Gasteiger partial charge in [-0.2, -0.15) is 0 Å². The Labute approximate surface area is 109 Å². The van der Waals surface area contributed by atoms with Gasteiger partial charge in [-0.15, -0.1) is 0 Å². The van der Waals surface area contributed by atoms with Gasteiger partial charge in [0.05, 0.1) is 6.61 Å². The topological polar surface area (TPSA) is 45.7 Å². The van der Waals surface area contributed by atoms with Crippen LogP contribution in [0.5, 0.6) is 0 Å². The van der Waals surface area contributed by atoms with E-state index >= 15 is 0 Å². The predicted octanol–water partition coefficient (Wildman–Crippen LogP) is 1.78. The molecule has 2 N–H and O–H groups in total. The number of unbranched alkanes of at least 4 members (excludes halogenated alkanes) is 1. The maximum atomic E-state index is 5.61. The Morgan fingerprint density at radius 2 is 2.00 bits per heavy atom. The van der Waals surface area contributed by atoms with Crippen molar-refractivity contribution in [2.45, 2.75) is 19.4 Å². The molecule has 0 atom stereocenters. The van der Waals surface area contributed by atoms with E-state index in [0.29, 0.717) is 6.61 Å². The molecule has 4 nitrogen and oxygen atoms in total. The molecule has 0 amide bonds. The van der Waals surface area contributed by atoms with Gasteiger partial charge in [0.1, 0.15) is 0 Å². The van der Waals surface area contributed by atoms with Gasteiger partial charge < -0.3 is 15.4 Å². The van der Waals surface area contributed by atoms with Crippen LogP contribution >= 0.6 is 0 Å². The molecule has 0 aromatic heterocycles. The second kappa shape index (κ2) is 9.48. The standard InChI is InChI=1S/C14H23N3O/c1-15-14(16-2)17-10-6-7-11-18-12-13-8-4-3-5-9-13/h3-5,8-9H,6-7,10-12H2,1-2H3,(H2,15,16,17). The first-order valence-corrected chi connectivity index (χ1v) is 6.37. The van der Waals surface area contributed by atoms with Gasteiger partial charge >= 0.3 is 0 Å². The Kier molecular flexibility index (Phi) is 7.64. The van der Waals surface area contributed by atoms with Crippen LogP contribution in [-0.2, 0) is 11.3 Å². The van der Waals surface area contributed by atoms with Crippen LogP contribution in [0.1, 0.15) is 18.4 Å². The van der Waals surface area contributed by atoms with Gasteiger partial charge in [-0.3, -0.25) is 4.99 Å². The smallest absolute Gasteiger partial charge is 0.190 e. The van der Waals surface area contributed by atoms with Crippen molar-refractivity contribution < 1.29 is 4.74 Å². The molecule has 0 fully saturated rings. The van der Waals surface area contributed by atoms with Gasteiger partial charge in [-0.1, -0.05) is 30.3 Å². The van der Waals surface area contributed by atoms with Gasteiger partial charge in [-0.25, -0.2) is 0 Å². The van der Waals surface area contributed by atoms with Crippen LogP contribution in [0.25, 0.3) is 0 Å². The van der Waals surface area contributed by atoms with Gasteiger partial charge in [0.2, 0.25) is 0 Å². The maximum Gasteiger partial charge on any atom is 0.190 e. The summed E-state index contributed by atoms with van der Waals surface area (Å²) in [5.74, 6) is 0.834. The predicted molar refractivity (Wildman–Crippen MR) is 75.8 cm³/mol. The molecule has 18 heavy (non-hydrogen) atoms. The minimum absolute atomic E-state index is 0.701. The molecular weight excluding hydrogens is 226 g/mol. The largest absolute Gasteiger partial charge is 0.377 e. The Balaban J connectivity index is 1.96. The van der Waals surface area contributed by atoms with Crippen LogP contribution in [-0.4, -0.2) is 33.2 Å². The van der Waals surface area contributed by atoms with Crippen LogP contribution < -0.4 is 10.6 Å². The molecule has 0 bridgehead atoms. The zero-order valence-corrected chi connectivity index (χ0v) is 11.3. The van der Waals surface area contributed by atoms with E-state index in [0.717, 1.165) is 32.0 Å². The van der Waals surface area contributed by atoms with Crippen molar-refractivity contribution in [2.24, 2.45) is 4.99 Å². The van der Waals surface area contributed by atoms with Crippen LogP contribution in [0.4, 0.5) is 0 Å². The van der Waals surface area contributed by atoms with Gasteiger partial charge in [0, 0.05) is 27.2 Å². The van der Waals surface area contributed by atoms with Crippen LogP contribution in [0.15, 0.2) is 35.3 Å². The average molecular weight is 249 g/mol. The van der Waals surface area contributed by atoms with Crippen molar-refractivity contribution in [3.8, 4) is 0 Å². The fourth-order valence-electron chi connectivity index (χ4n) is 1.58. The Hall–Kier alpha value is -1.55. The number of benzene rings is 1. The number of nitrogens with one attached hydrogen (secondary N) is 2. The lowest BCUT2D eigenvalue weighted by Gasteiger charge is -2.08. The van der Waals surface area contributed by atoms with E-state index in [4.69, 9.17) is 4.74 Å². The van der Waals surface area contributed by atoms with Crippen molar-refractivity contribution in [3.05, 3.63) is 35.9 Å². The molecule has 0 saturated heterocycles. The van der Waals surface area contributed by atoms with E-state index in [1.54, 1.807) is 7.05 Å². The molecule has 4 heteroatoms. The quantitative estimate of drug-likeness (QED) is 0.440. The van der Waals surface area contributed by atoms with E-state index in [2.05, 4.69) is 27.8 Å². The van der Waals surface area contributed by atoms with E-state index in [-0.39, 0.29) is 0 Å². The van der Waals surface area contributed by atoms with Crippen molar-refractivity contribution in [1.29, 1.82) is 0 Å². The first-order chi connectivity index (χ1) is 8.86. The second-order valence-electron chi connectivity index (χ2n) is 3.99. The van der Waals surface area contributed by atoms with E-state index in [9.17, 15) is 0 Å². The van der Waals surface area contributed by atoms with Gasteiger partial charge in [0.25, 0.3) is 0 Å². The summed E-state index contributed by atoms with van der Waals surface area (Å²) in [6, 6.07) is 10.2. The average Bonchev–Trinajstić information content (AvgIpc) is 2.43. The second-order valence-corrected chi connectivity index (χ2v) is 3.99. The van der Waals surface area contributed by atoms with Crippen LogP contribution in [0.2, 0.25) is 0 Å². The number of guanidine groups is 1. The lowest BCUT2D eigenvalue weighted by Crippen LogP contribution is -2.35. The number of hydrogen-bond donors (Lipinski definition) is 2. The third-order valence-electron chi connectivity index (χ3n) is 2.58. The molecule has 1 aromatic carbocycles. The Bertz CT molecular complexity index is 338. The lowest BCUT2D eigenvalue weighted by atomic mass is 10.2. The molecule has 100 valence electrons. The third kappa shape index (κ3) is 6.25. The Morgan fingerprint density at radius 3 is 2.67 bits per heavy atom. The molecule has 0 aliphatic heterocycles. The van der Waals surface area contributed by atoms with Crippen molar-refractivity contribution >= 4 is 5.96 Å². The summed E-state index contributed by atoms with van der Waals surface area (Å²) in [4.78, 5) is 4.04. The number of aliphatic imine (C=N–C) groups is 1. The highest BCUT2D eigenvalue weighted by atomic mass is 16.5. The van der Waals surface area contributed by atoms with Crippen LogP contribution in [0, 0.1) is 0 Å². The summed E-state index contributed by atoms with van der Waals surface area (Å²) in [5, 5.41) is 6.19. The third-order valence-corrected chi connectivity index (χ3v) is 2.58. The van der Waals surface area contributed by atoms with E-state index in [1.807, 2.05) is 25.2 Å². The fourth-order valence-corrected chi connectivity index (χ4v) is 1.58. The van der Waals surface area contributed by atoms with E-state index < -0.39 is 0 Å².